The summed E-state index contributed by atoms with van der Waals surface area (Å²) in [7, 11) is 0. The number of piperazine rings is 1. The van der Waals surface area contributed by atoms with Crippen molar-refractivity contribution in [2.75, 3.05) is 32.7 Å². The third-order valence-electron chi connectivity index (χ3n) is 6.66. The van der Waals surface area contributed by atoms with E-state index in [0.717, 1.165) is 73.9 Å². The number of nitrogens with zero attached hydrogens (tertiary/aromatic N) is 3. The van der Waals surface area contributed by atoms with Crippen molar-refractivity contribution in [2.24, 2.45) is 0 Å². The summed E-state index contributed by atoms with van der Waals surface area (Å²) in [5, 5.41) is 2.31. The first-order valence-corrected chi connectivity index (χ1v) is 11.8. The zero-order chi connectivity index (χ0) is 21.8. The predicted octanol–water partition coefficient (Wildman–Crippen LogP) is 5.84. The molecule has 1 saturated heterocycles. The number of halogens is 1. The molecule has 4 aromatic rings. The van der Waals surface area contributed by atoms with Gasteiger partial charge in [0.05, 0.1) is 11.0 Å². The van der Waals surface area contributed by atoms with E-state index in [9.17, 15) is 4.79 Å². The fourth-order valence-corrected chi connectivity index (χ4v) is 4.93. The van der Waals surface area contributed by atoms with Gasteiger partial charge in [-0.3, -0.25) is 14.3 Å². The Morgan fingerprint density at radius 3 is 1.85 bits per heavy atom. The van der Waals surface area contributed by atoms with Gasteiger partial charge in [0.15, 0.2) is 0 Å². The number of carbonyl (C=O) groups excluding carboxylic acids is 1. The van der Waals surface area contributed by atoms with Gasteiger partial charge in [-0.1, -0.05) is 66.7 Å². The number of fused-ring (bicyclic) bond motifs is 3. The minimum absolute atomic E-state index is 0. The Kier molecular flexibility index (Phi) is 7.81. The maximum absolute atomic E-state index is 13.1. The third-order valence-corrected chi connectivity index (χ3v) is 6.66. The molecule has 33 heavy (non-hydrogen) atoms. The molecule has 4 nitrogen and oxygen atoms in total. The van der Waals surface area contributed by atoms with Crippen LogP contribution in [0.3, 0.4) is 0 Å². The van der Waals surface area contributed by atoms with Gasteiger partial charge in [-0.15, -0.1) is 12.4 Å². The Hall–Kier alpha value is -2.66. The van der Waals surface area contributed by atoms with Gasteiger partial charge in [0.2, 0.25) is 5.91 Å². The van der Waals surface area contributed by atoms with E-state index in [2.05, 4.69) is 64.4 Å². The number of carbonyl (C=O) groups is 1. The number of rotatable bonds is 7. The first kappa shape index (κ1) is 23.5. The minimum Gasteiger partial charge on any atom is -0.301 e. The molecule has 0 aliphatic carbocycles. The third kappa shape index (κ3) is 5.30. The molecular formula is C28H32ClN3O. The summed E-state index contributed by atoms with van der Waals surface area (Å²) in [6, 6.07) is 27.2. The molecule has 0 saturated carbocycles. The Bertz CT molecular complexity index is 1140. The monoisotopic (exact) mass is 461 g/mol. The fourth-order valence-electron chi connectivity index (χ4n) is 4.93. The topological polar surface area (TPSA) is 28.5 Å². The second kappa shape index (κ2) is 11.0. The van der Waals surface area contributed by atoms with Crippen LogP contribution in [0.1, 0.15) is 29.6 Å². The molecule has 0 bridgehead atoms. The Morgan fingerprint density at radius 2 is 1.21 bits per heavy atom. The lowest BCUT2D eigenvalue weighted by Gasteiger charge is -2.34. The lowest BCUT2D eigenvalue weighted by Crippen LogP contribution is -2.46. The summed E-state index contributed by atoms with van der Waals surface area (Å²) in [6.07, 6.45) is 2.60. The average Bonchev–Trinajstić information content (AvgIpc) is 3.18. The molecule has 0 radical (unpaired) electrons. The molecule has 0 amide bonds. The van der Waals surface area contributed by atoms with E-state index < -0.39 is 0 Å². The summed E-state index contributed by atoms with van der Waals surface area (Å²) in [4.78, 5) is 18.2. The van der Waals surface area contributed by atoms with Crippen LogP contribution in [-0.4, -0.2) is 53.0 Å². The van der Waals surface area contributed by atoms with Crippen molar-refractivity contribution in [3.8, 4) is 0 Å². The van der Waals surface area contributed by atoms with Crippen LogP contribution in [0.5, 0.6) is 0 Å². The van der Waals surface area contributed by atoms with Crippen molar-refractivity contribution in [3.05, 3.63) is 84.4 Å². The molecule has 0 unspecified atom stereocenters. The zero-order valence-electron chi connectivity index (χ0n) is 19.0. The molecule has 5 heteroatoms. The van der Waals surface area contributed by atoms with E-state index in [1.54, 1.807) is 0 Å². The predicted molar refractivity (Wildman–Crippen MR) is 139 cm³/mol. The van der Waals surface area contributed by atoms with Gasteiger partial charge in [0, 0.05) is 49.9 Å². The van der Waals surface area contributed by atoms with Gasteiger partial charge in [0.25, 0.3) is 0 Å². The second-order valence-corrected chi connectivity index (χ2v) is 8.82. The zero-order valence-corrected chi connectivity index (χ0v) is 19.8. The molecule has 1 fully saturated rings. The maximum atomic E-state index is 13.1. The Labute approximate surface area is 202 Å². The first-order valence-electron chi connectivity index (χ1n) is 11.8. The van der Waals surface area contributed by atoms with E-state index >= 15 is 0 Å². The number of benzene rings is 3. The van der Waals surface area contributed by atoms with Crippen LogP contribution < -0.4 is 0 Å². The van der Waals surface area contributed by atoms with Crippen LogP contribution in [-0.2, 0) is 6.54 Å². The van der Waals surface area contributed by atoms with Gasteiger partial charge < -0.3 is 4.90 Å². The van der Waals surface area contributed by atoms with E-state index in [0.29, 0.717) is 6.42 Å². The molecule has 1 aromatic heterocycles. The van der Waals surface area contributed by atoms with Crippen molar-refractivity contribution in [2.45, 2.75) is 25.8 Å². The Balaban J connectivity index is 0.00000259. The summed E-state index contributed by atoms with van der Waals surface area (Å²) in [5.74, 6) is 0.204. The number of unbranched alkanes of at least 4 members (excludes halogenated alkanes) is 1. The summed E-state index contributed by atoms with van der Waals surface area (Å²) in [5.41, 5.74) is 3.44. The van der Waals surface area contributed by atoms with Crippen LogP contribution in [0, 0.1) is 0 Å². The van der Waals surface area contributed by atoms with Crippen molar-refractivity contribution in [3.63, 3.8) is 0 Å². The number of hydrogen-bond acceptors (Lipinski definition) is 3. The molecule has 3 aromatic carbocycles. The normalized spacial score (nSPS) is 15.0. The lowest BCUT2D eigenvalue weighted by atomic mass is 10.2. The molecule has 1 aliphatic rings. The number of para-hydroxylation sites is 2. The van der Waals surface area contributed by atoms with Crippen LogP contribution in [0.25, 0.3) is 21.8 Å². The van der Waals surface area contributed by atoms with E-state index in [-0.39, 0.29) is 18.3 Å². The van der Waals surface area contributed by atoms with Crippen LogP contribution in [0.15, 0.2) is 78.9 Å². The van der Waals surface area contributed by atoms with Gasteiger partial charge in [-0.25, -0.2) is 0 Å². The Morgan fingerprint density at radius 1 is 0.667 bits per heavy atom. The highest BCUT2D eigenvalue weighted by Crippen LogP contribution is 2.29. The van der Waals surface area contributed by atoms with E-state index in [1.165, 1.54) is 5.56 Å². The van der Waals surface area contributed by atoms with Crippen molar-refractivity contribution in [1.82, 2.24) is 14.4 Å². The maximum Gasteiger partial charge on any atom is 0.231 e. The fraction of sp³-hybridized carbons (Fsp3) is 0.321. The highest BCUT2D eigenvalue weighted by molar-refractivity contribution is 6.13. The number of hydrogen-bond donors (Lipinski definition) is 0. The molecule has 172 valence electrons. The second-order valence-electron chi connectivity index (χ2n) is 8.82. The standard InChI is InChI=1S/C28H31N3O.ClH/c32-28(31-26-14-6-4-12-24(26)25-13-5-7-15-27(25)31)16-8-9-17-29-18-20-30(21-19-29)22-23-10-2-1-3-11-23;/h1-7,10-15H,8-9,16-22H2;1H. The SMILES string of the molecule is Cl.O=C(CCCCN1CCN(Cc2ccccc2)CC1)n1c2ccccc2c2ccccc21. The average molecular weight is 462 g/mol. The van der Waals surface area contributed by atoms with Crippen LogP contribution >= 0.6 is 12.4 Å². The summed E-state index contributed by atoms with van der Waals surface area (Å²) >= 11 is 0. The van der Waals surface area contributed by atoms with Crippen LogP contribution in [0.2, 0.25) is 0 Å². The summed E-state index contributed by atoms with van der Waals surface area (Å²) in [6.45, 7) is 6.60. The van der Waals surface area contributed by atoms with Gasteiger partial charge in [-0.05, 0) is 37.1 Å². The molecule has 0 N–H and O–H groups in total. The van der Waals surface area contributed by atoms with Crippen molar-refractivity contribution in [1.29, 1.82) is 0 Å². The molecule has 2 heterocycles. The molecule has 1 aliphatic heterocycles. The smallest absolute Gasteiger partial charge is 0.231 e. The van der Waals surface area contributed by atoms with E-state index in [4.69, 9.17) is 0 Å². The van der Waals surface area contributed by atoms with Crippen molar-refractivity contribution >= 4 is 40.1 Å². The van der Waals surface area contributed by atoms with Crippen molar-refractivity contribution < 1.29 is 4.79 Å². The minimum atomic E-state index is 0. The van der Waals surface area contributed by atoms with Gasteiger partial charge in [-0.2, -0.15) is 0 Å². The largest absolute Gasteiger partial charge is 0.301 e. The number of aromatic nitrogens is 1. The highest BCUT2D eigenvalue weighted by Gasteiger charge is 2.18. The molecule has 0 atom stereocenters. The first-order chi connectivity index (χ1) is 15.8. The van der Waals surface area contributed by atoms with Gasteiger partial charge in [0.1, 0.15) is 0 Å². The molecular weight excluding hydrogens is 430 g/mol. The molecule has 5 rings (SSSR count). The highest BCUT2D eigenvalue weighted by atomic mass is 35.5. The van der Waals surface area contributed by atoms with Gasteiger partial charge >= 0.3 is 0 Å². The quantitative estimate of drug-likeness (QED) is 0.323. The van der Waals surface area contributed by atoms with E-state index in [1.807, 2.05) is 28.8 Å². The molecule has 0 spiro atoms. The summed E-state index contributed by atoms with van der Waals surface area (Å²) < 4.78 is 1.92. The lowest BCUT2D eigenvalue weighted by molar-refractivity contribution is 0.0904. The van der Waals surface area contributed by atoms with Crippen LogP contribution in [0.4, 0.5) is 0 Å².